The zero-order valence-corrected chi connectivity index (χ0v) is 13.8. The topological polar surface area (TPSA) is 67.5 Å². The van der Waals surface area contributed by atoms with Crippen molar-refractivity contribution in [2.24, 2.45) is 5.18 Å². The molecule has 1 saturated carbocycles. The van der Waals surface area contributed by atoms with Crippen molar-refractivity contribution in [1.82, 2.24) is 9.55 Å². The molecule has 1 heterocycles. The lowest BCUT2D eigenvalue weighted by atomic mass is 9.85. The molecule has 0 saturated heterocycles. The van der Waals surface area contributed by atoms with Crippen molar-refractivity contribution in [3.63, 3.8) is 0 Å². The van der Waals surface area contributed by atoms with Crippen LogP contribution < -0.4 is 0 Å². The summed E-state index contributed by atoms with van der Waals surface area (Å²) >= 11 is 0. The highest BCUT2D eigenvalue weighted by atomic mass is 16.3. The molecule has 2 aromatic carbocycles. The number of nitroso groups, excluding NO2 is 1. The summed E-state index contributed by atoms with van der Waals surface area (Å²) in [5.74, 6) is 1.64. The summed E-state index contributed by atoms with van der Waals surface area (Å²) in [5.41, 5.74) is 1.55. The number of unbranched alkanes of at least 4 members (excludes halogenated alkanes) is 1. The van der Waals surface area contributed by atoms with Crippen molar-refractivity contribution in [2.45, 2.75) is 51.5 Å². The van der Waals surface area contributed by atoms with Crippen LogP contribution in [0.1, 0.15) is 50.8 Å². The molecular formula is C19H21N3O2. The van der Waals surface area contributed by atoms with E-state index in [1.807, 2.05) is 24.3 Å². The van der Waals surface area contributed by atoms with Crippen LogP contribution in [-0.4, -0.2) is 14.7 Å². The first kappa shape index (κ1) is 15.1. The Balaban J connectivity index is 2.08. The van der Waals surface area contributed by atoms with Gasteiger partial charge in [-0.15, -0.1) is 4.91 Å². The quantitative estimate of drug-likeness (QED) is 0.643. The maximum atomic E-state index is 11.6. The Hall–Kier alpha value is -2.43. The third kappa shape index (κ3) is 2.11. The van der Waals surface area contributed by atoms with Crippen LogP contribution in [0, 0.1) is 4.91 Å². The van der Waals surface area contributed by atoms with Gasteiger partial charge in [-0.05, 0) is 24.4 Å². The Labute approximate surface area is 140 Å². The Morgan fingerprint density at radius 1 is 1.29 bits per heavy atom. The SMILES string of the molecule is CCCCn1c(C2CCC2)nc2c(N=O)c3ccccc3c(O)c21. The first-order valence-corrected chi connectivity index (χ1v) is 8.73. The summed E-state index contributed by atoms with van der Waals surface area (Å²) in [6, 6.07) is 7.36. The molecule has 5 nitrogen and oxygen atoms in total. The maximum absolute atomic E-state index is 11.6. The van der Waals surface area contributed by atoms with Gasteiger partial charge < -0.3 is 9.67 Å². The number of hydrogen-bond donors (Lipinski definition) is 1. The smallest absolute Gasteiger partial charge is 0.149 e. The van der Waals surface area contributed by atoms with Crippen LogP contribution in [0.2, 0.25) is 0 Å². The second-order valence-corrected chi connectivity index (χ2v) is 6.63. The number of aromatic hydroxyl groups is 1. The molecule has 4 rings (SSSR count). The standard InChI is InChI=1S/C19H21N3O2/c1-2-3-11-22-17-16(20-19(22)12-7-6-8-12)15(21-24)13-9-4-5-10-14(13)18(17)23/h4-5,9-10,12,23H,2-3,6-8,11H2,1H3. The van der Waals surface area contributed by atoms with E-state index in [1.54, 1.807) is 0 Å². The largest absolute Gasteiger partial charge is 0.505 e. The van der Waals surface area contributed by atoms with Crippen molar-refractivity contribution < 1.29 is 5.11 Å². The number of imidazole rings is 1. The number of aryl methyl sites for hydroxylation is 1. The van der Waals surface area contributed by atoms with E-state index in [9.17, 15) is 10.0 Å². The maximum Gasteiger partial charge on any atom is 0.149 e. The molecular weight excluding hydrogens is 302 g/mol. The van der Waals surface area contributed by atoms with Crippen LogP contribution in [-0.2, 0) is 6.54 Å². The minimum Gasteiger partial charge on any atom is -0.505 e. The molecule has 1 aliphatic carbocycles. The summed E-state index contributed by atoms with van der Waals surface area (Å²) in [5, 5.41) is 15.5. The molecule has 5 heteroatoms. The molecule has 0 bridgehead atoms. The number of rotatable bonds is 5. The number of benzene rings is 2. The molecule has 124 valence electrons. The van der Waals surface area contributed by atoms with Crippen molar-refractivity contribution in [3.05, 3.63) is 35.0 Å². The minimum absolute atomic E-state index is 0.210. The van der Waals surface area contributed by atoms with Crippen LogP contribution in [0.5, 0.6) is 5.75 Å². The van der Waals surface area contributed by atoms with E-state index in [1.165, 1.54) is 6.42 Å². The second kappa shape index (κ2) is 5.89. The average Bonchev–Trinajstić information content (AvgIpc) is 2.91. The van der Waals surface area contributed by atoms with Gasteiger partial charge in [0.05, 0.1) is 0 Å². The predicted octanol–water partition coefficient (Wildman–Crippen LogP) is 5.36. The summed E-state index contributed by atoms with van der Waals surface area (Å²) in [7, 11) is 0. The van der Waals surface area contributed by atoms with Gasteiger partial charge in [-0.25, -0.2) is 4.98 Å². The number of phenolic OH excluding ortho intramolecular Hbond substituents is 1. The Kier molecular flexibility index (Phi) is 3.71. The fourth-order valence-corrected chi connectivity index (χ4v) is 3.64. The zero-order valence-electron chi connectivity index (χ0n) is 13.8. The second-order valence-electron chi connectivity index (χ2n) is 6.63. The summed E-state index contributed by atoms with van der Waals surface area (Å²) in [6.45, 7) is 2.96. The van der Waals surface area contributed by atoms with Gasteiger partial charge in [0.2, 0.25) is 0 Å². The molecule has 3 aromatic rings. The third-order valence-electron chi connectivity index (χ3n) is 5.18. The molecule has 1 fully saturated rings. The average molecular weight is 323 g/mol. The van der Waals surface area contributed by atoms with E-state index in [0.717, 1.165) is 38.1 Å². The number of aromatic nitrogens is 2. The number of hydrogen-bond acceptors (Lipinski definition) is 4. The van der Waals surface area contributed by atoms with Crippen LogP contribution in [0.4, 0.5) is 5.69 Å². The number of phenols is 1. The highest BCUT2D eigenvalue weighted by Crippen LogP contribution is 2.45. The molecule has 0 radical (unpaired) electrons. The molecule has 24 heavy (non-hydrogen) atoms. The molecule has 0 atom stereocenters. The summed E-state index contributed by atoms with van der Waals surface area (Å²) in [4.78, 5) is 16.3. The van der Waals surface area contributed by atoms with Gasteiger partial charge >= 0.3 is 0 Å². The zero-order chi connectivity index (χ0) is 16.7. The van der Waals surface area contributed by atoms with Crippen molar-refractivity contribution in [1.29, 1.82) is 0 Å². The Morgan fingerprint density at radius 3 is 2.67 bits per heavy atom. The van der Waals surface area contributed by atoms with Gasteiger partial charge in [0, 0.05) is 23.2 Å². The van der Waals surface area contributed by atoms with E-state index in [0.29, 0.717) is 33.4 Å². The molecule has 0 aliphatic heterocycles. The highest BCUT2D eigenvalue weighted by Gasteiger charge is 2.29. The first-order valence-electron chi connectivity index (χ1n) is 8.73. The van der Waals surface area contributed by atoms with Gasteiger partial charge in [-0.1, -0.05) is 44.0 Å². The molecule has 1 N–H and O–H groups in total. The number of nitrogens with zero attached hydrogens (tertiary/aromatic N) is 3. The van der Waals surface area contributed by atoms with Gasteiger partial charge in [-0.2, -0.15) is 0 Å². The van der Waals surface area contributed by atoms with Crippen molar-refractivity contribution >= 4 is 27.5 Å². The normalized spacial score (nSPS) is 15.0. The van der Waals surface area contributed by atoms with E-state index >= 15 is 0 Å². The van der Waals surface area contributed by atoms with Crippen LogP contribution in [0.15, 0.2) is 29.4 Å². The lowest BCUT2D eigenvalue weighted by Crippen LogP contribution is -2.15. The molecule has 1 aliphatic rings. The molecule has 0 amide bonds. The fraction of sp³-hybridized carbons (Fsp3) is 0.421. The van der Waals surface area contributed by atoms with Crippen LogP contribution >= 0.6 is 0 Å². The van der Waals surface area contributed by atoms with Crippen molar-refractivity contribution in [3.8, 4) is 5.75 Å². The van der Waals surface area contributed by atoms with Gasteiger partial charge in [0.15, 0.2) is 0 Å². The number of fused-ring (bicyclic) bond motifs is 2. The van der Waals surface area contributed by atoms with E-state index in [4.69, 9.17) is 4.98 Å². The van der Waals surface area contributed by atoms with Crippen molar-refractivity contribution in [2.75, 3.05) is 0 Å². The first-order chi connectivity index (χ1) is 11.8. The van der Waals surface area contributed by atoms with Gasteiger partial charge in [0.1, 0.15) is 28.3 Å². The monoisotopic (exact) mass is 323 g/mol. The molecule has 1 aromatic heterocycles. The Bertz CT molecular complexity index is 925. The lowest BCUT2D eigenvalue weighted by Gasteiger charge is -2.25. The van der Waals surface area contributed by atoms with Crippen LogP contribution in [0.3, 0.4) is 0 Å². The predicted molar refractivity (Wildman–Crippen MR) is 95.9 cm³/mol. The summed E-state index contributed by atoms with van der Waals surface area (Å²) < 4.78 is 2.12. The minimum atomic E-state index is 0.210. The van der Waals surface area contributed by atoms with Gasteiger partial charge in [-0.3, -0.25) is 0 Å². The molecule has 0 spiro atoms. The highest BCUT2D eigenvalue weighted by molar-refractivity contribution is 6.12. The fourth-order valence-electron chi connectivity index (χ4n) is 3.64. The Morgan fingerprint density at radius 2 is 2.04 bits per heavy atom. The van der Waals surface area contributed by atoms with Crippen LogP contribution in [0.25, 0.3) is 21.8 Å². The van der Waals surface area contributed by atoms with E-state index in [2.05, 4.69) is 16.7 Å². The third-order valence-corrected chi connectivity index (χ3v) is 5.18. The lowest BCUT2D eigenvalue weighted by molar-refractivity contribution is 0.386. The van der Waals surface area contributed by atoms with E-state index in [-0.39, 0.29) is 5.75 Å². The summed E-state index contributed by atoms with van der Waals surface area (Å²) in [6.07, 6.45) is 5.55. The molecule has 0 unspecified atom stereocenters. The van der Waals surface area contributed by atoms with Gasteiger partial charge in [0.25, 0.3) is 0 Å². The van der Waals surface area contributed by atoms with E-state index < -0.39 is 0 Å².